The quantitative estimate of drug-likeness (QED) is 0.304. The number of ether oxygens (including phenoxy) is 3. The smallest absolute Gasteiger partial charge is 0.272 e. The number of carbonyl (C=O) groups is 1. The van der Waals surface area contributed by atoms with Crippen LogP contribution in [0, 0.1) is 13.8 Å². The number of aromatic nitrogens is 2. The minimum Gasteiger partial charge on any atom is -0.497 e. The van der Waals surface area contributed by atoms with Crippen LogP contribution in [0.5, 0.6) is 17.2 Å². The van der Waals surface area contributed by atoms with Gasteiger partial charge in [-0.3, -0.25) is 4.79 Å². The summed E-state index contributed by atoms with van der Waals surface area (Å²) in [5.74, 6) is 1.98. The molecule has 0 saturated carbocycles. The first-order chi connectivity index (χ1) is 17.8. The molecule has 0 atom stereocenters. The van der Waals surface area contributed by atoms with E-state index in [1.165, 1.54) is 0 Å². The van der Waals surface area contributed by atoms with E-state index >= 15 is 0 Å². The molecule has 4 aromatic rings. The van der Waals surface area contributed by atoms with Crippen LogP contribution in [0.25, 0.3) is 16.9 Å². The molecule has 7 nitrogen and oxygen atoms in total. The number of rotatable bonds is 9. The number of methoxy groups -OCH3 is 3. The van der Waals surface area contributed by atoms with Crippen LogP contribution in [0.2, 0.25) is 0 Å². The van der Waals surface area contributed by atoms with Crippen molar-refractivity contribution in [2.75, 3.05) is 34.9 Å². The molecule has 4 rings (SSSR count). The van der Waals surface area contributed by atoms with Crippen molar-refractivity contribution in [2.45, 2.75) is 20.3 Å². The van der Waals surface area contributed by atoms with Crippen LogP contribution in [0.1, 0.15) is 27.2 Å². The van der Waals surface area contributed by atoms with Crippen molar-refractivity contribution < 1.29 is 19.0 Å². The second-order valence-corrected chi connectivity index (χ2v) is 9.01. The molecule has 1 heterocycles. The third-order valence-electron chi connectivity index (χ3n) is 6.42. The van der Waals surface area contributed by atoms with Crippen LogP contribution in [0.3, 0.4) is 0 Å². The summed E-state index contributed by atoms with van der Waals surface area (Å²) in [6.07, 6.45) is 0.670. The zero-order chi connectivity index (χ0) is 26.5. The second kappa shape index (κ2) is 11.2. The Balaban J connectivity index is 1.66. The zero-order valence-electron chi connectivity index (χ0n) is 22.2. The maximum absolute atomic E-state index is 13.7. The Morgan fingerprint density at radius 3 is 2.41 bits per heavy atom. The molecule has 0 N–H and O–H groups in total. The Kier molecular flexibility index (Phi) is 7.82. The van der Waals surface area contributed by atoms with Crippen molar-refractivity contribution in [1.29, 1.82) is 0 Å². The van der Waals surface area contributed by atoms with E-state index in [4.69, 9.17) is 19.3 Å². The summed E-state index contributed by atoms with van der Waals surface area (Å²) in [7, 11) is 6.68. The number of likely N-dealkylation sites (N-methyl/N-ethyl adjacent to an activating group) is 1. The van der Waals surface area contributed by atoms with Gasteiger partial charge < -0.3 is 19.1 Å². The summed E-state index contributed by atoms with van der Waals surface area (Å²) < 4.78 is 17.9. The van der Waals surface area contributed by atoms with Gasteiger partial charge in [-0.1, -0.05) is 30.3 Å². The molecule has 7 heteroatoms. The first-order valence-electron chi connectivity index (χ1n) is 12.1. The standard InChI is InChI=1S/C30H33N3O4/c1-20-10-11-21(2)26(16-20)33-27(19-25(31-33)23-8-7-9-24(18-23)35-4)30(34)32(3)15-14-22-12-13-28(36-5)29(17-22)37-6/h7-13,16-19H,14-15H2,1-6H3. The Labute approximate surface area is 218 Å². The molecule has 0 saturated heterocycles. The molecule has 1 aromatic heterocycles. The molecule has 0 spiro atoms. The highest BCUT2D eigenvalue weighted by molar-refractivity contribution is 5.94. The monoisotopic (exact) mass is 499 g/mol. The second-order valence-electron chi connectivity index (χ2n) is 9.01. The number of aryl methyl sites for hydroxylation is 2. The van der Waals surface area contributed by atoms with Gasteiger partial charge >= 0.3 is 0 Å². The summed E-state index contributed by atoms with van der Waals surface area (Å²) in [5.41, 5.74) is 6.15. The van der Waals surface area contributed by atoms with Gasteiger partial charge in [0.05, 0.1) is 32.7 Å². The maximum Gasteiger partial charge on any atom is 0.272 e. The van der Waals surface area contributed by atoms with Gasteiger partial charge in [0.1, 0.15) is 11.4 Å². The van der Waals surface area contributed by atoms with Crippen molar-refractivity contribution in [3.63, 3.8) is 0 Å². The highest BCUT2D eigenvalue weighted by atomic mass is 16.5. The number of hydrogen-bond donors (Lipinski definition) is 0. The molecule has 192 valence electrons. The number of amides is 1. The SMILES string of the molecule is COc1cccc(-c2cc(C(=O)N(C)CCc3ccc(OC)c(OC)c3)n(-c3cc(C)ccc3C)n2)c1. The average molecular weight is 500 g/mol. The van der Waals surface area contributed by atoms with Gasteiger partial charge in [-0.2, -0.15) is 5.10 Å². The van der Waals surface area contributed by atoms with E-state index in [-0.39, 0.29) is 5.91 Å². The Morgan fingerprint density at radius 1 is 0.892 bits per heavy atom. The predicted octanol–water partition coefficient (Wildman–Crippen LogP) is 5.50. The lowest BCUT2D eigenvalue weighted by atomic mass is 10.1. The van der Waals surface area contributed by atoms with Crippen molar-refractivity contribution in [2.24, 2.45) is 0 Å². The zero-order valence-corrected chi connectivity index (χ0v) is 22.2. The van der Waals surface area contributed by atoms with E-state index in [1.54, 1.807) is 30.9 Å². The predicted molar refractivity (Wildman–Crippen MR) is 145 cm³/mol. The summed E-state index contributed by atoms with van der Waals surface area (Å²) in [6.45, 7) is 4.59. The lowest BCUT2D eigenvalue weighted by molar-refractivity contribution is 0.0787. The molecule has 1 amide bonds. The van der Waals surface area contributed by atoms with Crippen LogP contribution in [0.15, 0.2) is 66.7 Å². The Bertz CT molecular complexity index is 1410. The Hall–Kier alpha value is -4.26. The minimum atomic E-state index is -0.108. The summed E-state index contributed by atoms with van der Waals surface area (Å²) >= 11 is 0. The van der Waals surface area contributed by atoms with Gasteiger partial charge in [0.25, 0.3) is 5.91 Å². The van der Waals surface area contributed by atoms with Crippen molar-refractivity contribution in [3.05, 3.63) is 89.1 Å². The van der Waals surface area contributed by atoms with Crippen LogP contribution < -0.4 is 14.2 Å². The van der Waals surface area contributed by atoms with Crippen LogP contribution in [0.4, 0.5) is 0 Å². The van der Waals surface area contributed by atoms with Crippen LogP contribution in [-0.4, -0.2) is 55.5 Å². The van der Waals surface area contributed by atoms with E-state index in [0.717, 1.165) is 33.7 Å². The van der Waals surface area contributed by atoms with Gasteiger partial charge in [0.2, 0.25) is 0 Å². The van der Waals surface area contributed by atoms with Gasteiger partial charge in [0.15, 0.2) is 11.5 Å². The lowest BCUT2D eigenvalue weighted by Crippen LogP contribution is -2.30. The summed E-state index contributed by atoms with van der Waals surface area (Å²) in [5, 5.41) is 4.87. The summed E-state index contributed by atoms with van der Waals surface area (Å²) in [6, 6.07) is 21.5. The van der Waals surface area contributed by atoms with Gasteiger partial charge in [-0.15, -0.1) is 0 Å². The van der Waals surface area contributed by atoms with E-state index in [1.807, 2.05) is 75.5 Å². The molecule has 0 aliphatic carbocycles. The fourth-order valence-electron chi connectivity index (χ4n) is 4.22. The fourth-order valence-corrected chi connectivity index (χ4v) is 4.22. The van der Waals surface area contributed by atoms with E-state index in [2.05, 4.69) is 12.1 Å². The molecule has 0 bridgehead atoms. The number of benzene rings is 3. The Morgan fingerprint density at radius 2 is 1.68 bits per heavy atom. The number of carbonyl (C=O) groups excluding carboxylic acids is 1. The topological polar surface area (TPSA) is 65.8 Å². The molecule has 0 aliphatic rings. The third kappa shape index (κ3) is 5.61. The first-order valence-corrected chi connectivity index (χ1v) is 12.1. The molecule has 0 fully saturated rings. The van der Waals surface area contributed by atoms with E-state index in [0.29, 0.717) is 35.9 Å². The summed E-state index contributed by atoms with van der Waals surface area (Å²) in [4.78, 5) is 15.5. The molecule has 37 heavy (non-hydrogen) atoms. The maximum atomic E-state index is 13.7. The van der Waals surface area contributed by atoms with E-state index in [9.17, 15) is 4.79 Å². The normalized spacial score (nSPS) is 10.8. The lowest BCUT2D eigenvalue weighted by Gasteiger charge is -2.19. The molecular weight excluding hydrogens is 466 g/mol. The van der Waals surface area contributed by atoms with Crippen molar-refractivity contribution in [1.82, 2.24) is 14.7 Å². The first kappa shape index (κ1) is 25.8. The third-order valence-corrected chi connectivity index (χ3v) is 6.42. The number of hydrogen-bond acceptors (Lipinski definition) is 5. The van der Waals surface area contributed by atoms with Crippen molar-refractivity contribution in [3.8, 4) is 34.2 Å². The largest absolute Gasteiger partial charge is 0.497 e. The van der Waals surface area contributed by atoms with Crippen LogP contribution in [-0.2, 0) is 6.42 Å². The minimum absolute atomic E-state index is 0.108. The van der Waals surface area contributed by atoms with E-state index < -0.39 is 0 Å². The molecule has 0 unspecified atom stereocenters. The molecular formula is C30H33N3O4. The van der Waals surface area contributed by atoms with Crippen LogP contribution >= 0.6 is 0 Å². The molecule has 3 aromatic carbocycles. The molecule has 0 radical (unpaired) electrons. The van der Waals surface area contributed by atoms with Gasteiger partial charge in [-0.25, -0.2) is 4.68 Å². The number of nitrogens with zero attached hydrogens (tertiary/aromatic N) is 3. The molecule has 0 aliphatic heterocycles. The highest BCUT2D eigenvalue weighted by Gasteiger charge is 2.22. The van der Waals surface area contributed by atoms with Crippen molar-refractivity contribution >= 4 is 5.91 Å². The van der Waals surface area contributed by atoms with Gasteiger partial charge in [0, 0.05) is 19.2 Å². The average Bonchev–Trinajstić information content (AvgIpc) is 3.37. The van der Waals surface area contributed by atoms with Gasteiger partial charge in [-0.05, 0) is 73.4 Å². The fraction of sp³-hybridized carbons (Fsp3) is 0.267. The highest BCUT2D eigenvalue weighted by Crippen LogP contribution is 2.29.